The Balaban J connectivity index is 2.31. The number of aromatic hydroxyl groups is 3. The van der Waals surface area contributed by atoms with Gasteiger partial charge in [-0.15, -0.1) is 0 Å². The molecule has 0 aliphatic carbocycles. The third-order valence-electron chi connectivity index (χ3n) is 4.18. The fourth-order valence-corrected chi connectivity index (χ4v) is 2.81. The molecule has 26 heavy (non-hydrogen) atoms. The first-order valence-electron chi connectivity index (χ1n) is 8.00. The second-order valence-electron chi connectivity index (χ2n) is 5.79. The fourth-order valence-electron chi connectivity index (χ4n) is 2.81. The van der Waals surface area contributed by atoms with Crippen LogP contribution < -0.4 is 15.5 Å². The SMILES string of the molecule is CNCCc1c(O)cc(O)c2c(=O)c(O)c(-c3ccc(OC)cc3)oc12. The Hall–Kier alpha value is -3.19. The monoisotopic (exact) mass is 357 g/mol. The van der Waals surface area contributed by atoms with Crippen LogP contribution in [-0.2, 0) is 6.42 Å². The van der Waals surface area contributed by atoms with E-state index < -0.39 is 16.9 Å². The summed E-state index contributed by atoms with van der Waals surface area (Å²) >= 11 is 0. The van der Waals surface area contributed by atoms with Crippen LogP contribution in [0.4, 0.5) is 0 Å². The zero-order valence-electron chi connectivity index (χ0n) is 14.4. The van der Waals surface area contributed by atoms with Crippen molar-refractivity contribution in [2.24, 2.45) is 0 Å². The van der Waals surface area contributed by atoms with Gasteiger partial charge in [0.15, 0.2) is 5.76 Å². The van der Waals surface area contributed by atoms with Crippen molar-refractivity contribution in [1.29, 1.82) is 0 Å². The lowest BCUT2D eigenvalue weighted by Crippen LogP contribution is -2.12. The molecular weight excluding hydrogens is 338 g/mol. The van der Waals surface area contributed by atoms with E-state index in [0.717, 1.165) is 6.07 Å². The van der Waals surface area contributed by atoms with Crippen LogP contribution in [-0.4, -0.2) is 36.0 Å². The van der Waals surface area contributed by atoms with Crippen molar-refractivity contribution in [3.8, 4) is 34.3 Å². The molecule has 0 bridgehead atoms. The van der Waals surface area contributed by atoms with E-state index in [1.165, 1.54) is 7.11 Å². The average molecular weight is 357 g/mol. The van der Waals surface area contributed by atoms with Crippen LogP contribution in [0, 0.1) is 0 Å². The van der Waals surface area contributed by atoms with Gasteiger partial charge in [0.25, 0.3) is 0 Å². The molecule has 0 unspecified atom stereocenters. The molecule has 0 aliphatic rings. The van der Waals surface area contributed by atoms with Gasteiger partial charge >= 0.3 is 0 Å². The van der Waals surface area contributed by atoms with E-state index >= 15 is 0 Å². The fraction of sp³-hybridized carbons (Fsp3) is 0.211. The number of ether oxygens (including phenoxy) is 1. The van der Waals surface area contributed by atoms with Crippen molar-refractivity contribution in [1.82, 2.24) is 5.32 Å². The van der Waals surface area contributed by atoms with E-state index in [1.54, 1.807) is 31.3 Å². The molecule has 0 spiro atoms. The lowest BCUT2D eigenvalue weighted by Gasteiger charge is -2.12. The average Bonchev–Trinajstić information content (AvgIpc) is 2.64. The zero-order valence-corrected chi connectivity index (χ0v) is 14.4. The summed E-state index contributed by atoms with van der Waals surface area (Å²) in [4.78, 5) is 12.6. The Labute approximate surface area is 149 Å². The normalized spacial score (nSPS) is 11.0. The van der Waals surface area contributed by atoms with Gasteiger partial charge in [0.05, 0.1) is 7.11 Å². The van der Waals surface area contributed by atoms with Gasteiger partial charge in [-0.25, -0.2) is 0 Å². The van der Waals surface area contributed by atoms with E-state index in [4.69, 9.17) is 9.15 Å². The number of phenolic OH excluding ortho intramolecular Hbond substituents is 2. The summed E-state index contributed by atoms with van der Waals surface area (Å²) in [6, 6.07) is 7.69. The van der Waals surface area contributed by atoms with Gasteiger partial charge in [-0.1, -0.05) is 0 Å². The van der Waals surface area contributed by atoms with Crippen LogP contribution in [0.15, 0.2) is 39.5 Å². The summed E-state index contributed by atoms with van der Waals surface area (Å²) in [6.07, 6.45) is 0.370. The number of likely N-dealkylation sites (N-methyl/N-ethyl adjacent to an activating group) is 1. The summed E-state index contributed by atoms with van der Waals surface area (Å²) in [5.74, 6) is -0.665. The second-order valence-corrected chi connectivity index (χ2v) is 5.79. The summed E-state index contributed by atoms with van der Waals surface area (Å²) in [6.45, 7) is 0.524. The molecule has 0 saturated heterocycles. The number of rotatable bonds is 5. The minimum absolute atomic E-state index is 0.0409. The molecule has 2 aromatic carbocycles. The van der Waals surface area contributed by atoms with Crippen molar-refractivity contribution in [2.75, 3.05) is 20.7 Å². The number of nitrogens with one attached hydrogen (secondary N) is 1. The number of hydrogen-bond donors (Lipinski definition) is 4. The van der Waals surface area contributed by atoms with Gasteiger partial charge in [-0.05, 0) is 44.3 Å². The first-order valence-corrected chi connectivity index (χ1v) is 8.00. The van der Waals surface area contributed by atoms with E-state index in [0.29, 0.717) is 29.8 Å². The molecule has 7 nitrogen and oxygen atoms in total. The predicted octanol–water partition coefficient (Wildman–Crippen LogP) is 2.35. The van der Waals surface area contributed by atoms with Gasteiger partial charge in [0.1, 0.15) is 28.2 Å². The van der Waals surface area contributed by atoms with Crippen LogP contribution in [0.3, 0.4) is 0 Å². The van der Waals surface area contributed by atoms with Crippen molar-refractivity contribution in [2.45, 2.75) is 6.42 Å². The highest BCUT2D eigenvalue weighted by Gasteiger charge is 2.22. The van der Waals surface area contributed by atoms with Crippen LogP contribution >= 0.6 is 0 Å². The molecule has 0 radical (unpaired) electrons. The highest BCUT2D eigenvalue weighted by Crippen LogP contribution is 2.38. The zero-order chi connectivity index (χ0) is 18.8. The third kappa shape index (κ3) is 2.93. The Morgan fingerprint density at radius 1 is 1.12 bits per heavy atom. The van der Waals surface area contributed by atoms with Gasteiger partial charge in [-0.3, -0.25) is 4.79 Å². The summed E-state index contributed by atoms with van der Waals surface area (Å²) in [5, 5.41) is 33.4. The van der Waals surface area contributed by atoms with Crippen LogP contribution in [0.2, 0.25) is 0 Å². The van der Waals surface area contributed by atoms with Gasteiger partial charge in [-0.2, -0.15) is 0 Å². The minimum Gasteiger partial charge on any atom is -0.507 e. The lowest BCUT2D eigenvalue weighted by molar-refractivity contribution is 0.414. The Morgan fingerprint density at radius 3 is 2.42 bits per heavy atom. The highest BCUT2D eigenvalue weighted by molar-refractivity contribution is 5.91. The predicted molar refractivity (Wildman–Crippen MR) is 97.1 cm³/mol. The van der Waals surface area contributed by atoms with Crippen molar-refractivity contribution < 1.29 is 24.5 Å². The smallest absolute Gasteiger partial charge is 0.238 e. The molecule has 0 fully saturated rings. The molecular formula is C19H19NO6. The van der Waals surface area contributed by atoms with Crippen molar-refractivity contribution in [3.05, 3.63) is 46.1 Å². The van der Waals surface area contributed by atoms with Gasteiger partial charge in [0.2, 0.25) is 11.2 Å². The maximum atomic E-state index is 12.6. The first-order chi connectivity index (χ1) is 12.5. The molecule has 1 aromatic heterocycles. The largest absolute Gasteiger partial charge is 0.507 e. The van der Waals surface area contributed by atoms with Gasteiger partial charge in [0, 0.05) is 17.2 Å². The van der Waals surface area contributed by atoms with Crippen LogP contribution in [0.5, 0.6) is 23.0 Å². The topological polar surface area (TPSA) is 112 Å². The standard InChI is InChI=1S/C19H19NO6/c1-20-8-7-12-13(21)9-14(22)15-16(23)17(24)18(26-19(12)15)10-3-5-11(25-2)6-4-10/h3-6,9,20-22,24H,7-8H2,1-2H3. The van der Waals surface area contributed by atoms with E-state index in [-0.39, 0.29) is 22.5 Å². The number of benzene rings is 2. The van der Waals surface area contributed by atoms with Crippen LogP contribution in [0.25, 0.3) is 22.3 Å². The number of hydrogen-bond acceptors (Lipinski definition) is 7. The van der Waals surface area contributed by atoms with E-state index in [1.807, 2.05) is 0 Å². The molecule has 0 saturated carbocycles. The number of phenols is 2. The molecule has 1 heterocycles. The molecule has 0 amide bonds. The third-order valence-corrected chi connectivity index (χ3v) is 4.18. The second kappa shape index (κ2) is 6.97. The molecule has 136 valence electrons. The summed E-state index contributed by atoms with van der Waals surface area (Å²) < 4.78 is 10.9. The Morgan fingerprint density at radius 2 is 1.81 bits per heavy atom. The number of methoxy groups -OCH3 is 1. The Kier molecular flexibility index (Phi) is 4.73. The summed E-state index contributed by atoms with van der Waals surface area (Å²) in [5.41, 5.74) is 0.121. The maximum Gasteiger partial charge on any atom is 0.238 e. The van der Waals surface area contributed by atoms with E-state index in [9.17, 15) is 20.1 Å². The lowest BCUT2D eigenvalue weighted by atomic mass is 10.0. The molecule has 0 atom stereocenters. The van der Waals surface area contributed by atoms with Gasteiger partial charge < -0.3 is 29.8 Å². The van der Waals surface area contributed by atoms with Crippen molar-refractivity contribution >= 4 is 11.0 Å². The van der Waals surface area contributed by atoms with Crippen LogP contribution in [0.1, 0.15) is 5.56 Å². The van der Waals surface area contributed by atoms with Crippen molar-refractivity contribution in [3.63, 3.8) is 0 Å². The summed E-state index contributed by atoms with van der Waals surface area (Å²) in [7, 11) is 3.28. The highest BCUT2D eigenvalue weighted by atomic mass is 16.5. The molecule has 7 heteroatoms. The maximum absolute atomic E-state index is 12.6. The number of fused-ring (bicyclic) bond motifs is 1. The molecule has 3 aromatic rings. The minimum atomic E-state index is -0.764. The Bertz CT molecular complexity index is 1010. The molecule has 0 aliphatic heterocycles. The first kappa shape index (κ1) is 17.6. The molecule has 3 rings (SSSR count). The quantitative estimate of drug-likeness (QED) is 0.554. The van der Waals surface area contributed by atoms with E-state index in [2.05, 4.69) is 5.32 Å². The molecule has 4 N–H and O–H groups in total.